The molecule has 1 N–H and O–H groups in total. The molecule has 0 heterocycles. The lowest BCUT2D eigenvalue weighted by Crippen LogP contribution is -2.31. The zero-order chi connectivity index (χ0) is 9.56. The number of hydrogen-bond donors (Lipinski definition) is 1. The summed E-state index contributed by atoms with van der Waals surface area (Å²) in [6.07, 6.45) is 2.57. The molecular weight excluding hydrogens is 146 g/mol. The Hall–Kier alpha value is -0.0400. The van der Waals surface area contributed by atoms with Crippen LogP contribution in [0.5, 0.6) is 0 Å². The van der Waals surface area contributed by atoms with Crippen LogP contribution < -0.4 is 5.32 Å². The van der Waals surface area contributed by atoms with Gasteiger partial charge in [0, 0.05) is 6.04 Å². The number of rotatable bonds is 6. The van der Waals surface area contributed by atoms with Gasteiger partial charge in [0.05, 0.1) is 0 Å². The predicted molar refractivity (Wildman–Crippen MR) is 56.4 cm³/mol. The molecule has 0 radical (unpaired) electrons. The first kappa shape index (κ1) is 12.0. The molecule has 12 heavy (non-hydrogen) atoms. The van der Waals surface area contributed by atoms with Crippen molar-refractivity contribution < 1.29 is 0 Å². The van der Waals surface area contributed by atoms with E-state index in [-0.39, 0.29) is 0 Å². The van der Waals surface area contributed by atoms with Gasteiger partial charge in [-0.25, -0.2) is 0 Å². The fraction of sp³-hybridized carbons (Fsp3) is 1.00. The Labute approximate surface area is 77.9 Å². The second-order valence-corrected chi connectivity index (χ2v) is 4.45. The highest BCUT2D eigenvalue weighted by Gasteiger charge is 2.05. The molecule has 1 nitrogen and oxygen atoms in total. The third-order valence-corrected chi connectivity index (χ3v) is 2.34. The van der Waals surface area contributed by atoms with Gasteiger partial charge in [-0.1, -0.05) is 34.1 Å². The first-order valence-corrected chi connectivity index (χ1v) is 5.29. The van der Waals surface area contributed by atoms with Gasteiger partial charge in [-0.2, -0.15) is 0 Å². The van der Waals surface area contributed by atoms with E-state index >= 15 is 0 Å². The molecule has 1 heteroatoms. The molecule has 2 atom stereocenters. The van der Waals surface area contributed by atoms with Crippen molar-refractivity contribution in [2.45, 2.75) is 53.5 Å². The fourth-order valence-electron chi connectivity index (χ4n) is 1.34. The van der Waals surface area contributed by atoms with Gasteiger partial charge < -0.3 is 5.32 Å². The standard InChI is InChI=1S/C11H25N/c1-6-10(4)8-12-11(5)7-9(2)3/h9-12H,6-8H2,1-5H3/t10?,11-/m0/s1. The molecule has 0 rings (SSSR count). The average Bonchev–Trinajstić information content (AvgIpc) is 1.99. The first-order chi connectivity index (χ1) is 5.56. The van der Waals surface area contributed by atoms with Gasteiger partial charge in [-0.05, 0) is 31.7 Å². The van der Waals surface area contributed by atoms with Crippen molar-refractivity contribution in [3.05, 3.63) is 0 Å². The van der Waals surface area contributed by atoms with Crippen LogP contribution >= 0.6 is 0 Å². The molecule has 0 aromatic carbocycles. The van der Waals surface area contributed by atoms with Gasteiger partial charge in [0.25, 0.3) is 0 Å². The fourth-order valence-corrected chi connectivity index (χ4v) is 1.34. The van der Waals surface area contributed by atoms with Gasteiger partial charge >= 0.3 is 0 Å². The normalized spacial score (nSPS) is 16.5. The molecule has 0 saturated carbocycles. The lowest BCUT2D eigenvalue weighted by atomic mass is 10.0. The average molecular weight is 171 g/mol. The SMILES string of the molecule is CCC(C)CN[C@@H](C)CC(C)C. The van der Waals surface area contributed by atoms with Crippen molar-refractivity contribution in [1.82, 2.24) is 5.32 Å². The zero-order valence-corrected chi connectivity index (χ0v) is 9.35. The molecule has 0 bridgehead atoms. The van der Waals surface area contributed by atoms with E-state index < -0.39 is 0 Å². The number of nitrogens with one attached hydrogen (secondary N) is 1. The van der Waals surface area contributed by atoms with Crippen molar-refractivity contribution in [1.29, 1.82) is 0 Å². The third-order valence-electron chi connectivity index (χ3n) is 2.34. The predicted octanol–water partition coefficient (Wildman–Crippen LogP) is 3.06. The maximum Gasteiger partial charge on any atom is 0.00412 e. The topological polar surface area (TPSA) is 12.0 Å². The second kappa shape index (κ2) is 6.47. The maximum absolute atomic E-state index is 3.56. The van der Waals surface area contributed by atoms with Crippen molar-refractivity contribution in [2.75, 3.05) is 6.54 Å². The highest BCUT2D eigenvalue weighted by molar-refractivity contribution is 4.64. The molecule has 0 fully saturated rings. The molecule has 0 spiro atoms. The Morgan fingerprint density at radius 2 is 1.67 bits per heavy atom. The van der Waals surface area contributed by atoms with Crippen LogP contribution in [0.25, 0.3) is 0 Å². The quantitative estimate of drug-likeness (QED) is 0.647. The van der Waals surface area contributed by atoms with Crippen molar-refractivity contribution in [2.24, 2.45) is 11.8 Å². The lowest BCUT2D eigenvalue weighted by Gasteiger charge is -2.18. The highest BCUT2D eigenvalue weighted by atomic mass is 14.9. The highest BCUT2D eigenvalue weighted by Crippen LogP contribution is 2.05. The van der Waals surface area contributed by atoms with E-state index in [1.807, 2.05) is 0 Å². The second-order valence-electron chi connectivity index (χ2n) is 4.45. The summed E-state index contributed by atoms with van der Waals surface area (Å²) >= 11 is 0. The molecule has 0 amide bonds. The Morgan fingerprint density at radius 1 is 1.08 bits per heavy atom. The van der Waals surface area contributed by atoms with Gasteiger partial charge in [-0.15, -0.1) is 0 Å². The van der Waals surface area contributed by atoms with Gasteiger partial charge in [0.2, 0.25) is 0 Å². The minimum Gasteiger partial charge on any atom is -0.314 e. The van der Waals surface area contributed by atoms with E-state index in [9.17, 15) is 0 Å². The van der Waals surface area contributed by atoms with Crippen LogP contribution in [0.3, 0.4) is 0 Å². The summed E-state index contributed by atoms with van der Waals surface area (Å²) in [6, 6.07) is 0.680. The lowest BCUT2D eigenvalue weighted by molar-refractivity contribution is 0.402. The monoisotopic (exact) mass is 171 g/mol. The van der Waals surface area contributed by atoms with Crippen LogP contribution in [0.2, 0.25) is 0 Å². The van der Waals surface area contributed by atoms with Crippen LogP contribution in [-0.2, 0) is 0 Å². The van der Waals surface area contributed by atoms with Crippen LogP contribution in [-0.4, -0.2) is 12.6 Å². The van der Waals surface area contributed by atoms with Crippen molar-refractivity contribution in [3.8, 4) is 0 Å². The smallest absolute Gasteiger partial charge is 0.00412 e. The van der Waals surface area contributed by atoms with Gasteiger partial charge in [-0.3, -0.25) is 0 Å². The van der Waals surface area contributed by atoms with Crippen LogP contribution in [0, 0.1) is 11.8 Å². The molecule has 0 saturated heterocycles. The maximum atomic E-state index is 3.56. The summed E-state index contributed by atoms with van der Waals surface area (Å²) in [4.78, 5) is 0. The Bertz CT molecular complexity index is 99.2. The van der Waals surface area contributed by atoms with E-state index in [0.717, 1.165) is 11.8 Å². The van der Waals surface area contributed by atoms with Crippen LogP contribution in [0.1, 0.15) is 47.5 Å². The minimum absolute atomic E-state index is 0.680. The summed E-state index contributed by atoms with van der Waals surface area (Å²) < 4.78 is 0. The van der Waals surface area contributed by atoms with Crippen molar-refractivity contribution >= 4 is 0 Å². The van der Waals surface area contributed by atoms with E-state index in [0.29, 0.717) is 6.04 Å². The molecule has 0 aliphatic rings. The molecule has 0 aromatic rings. The van der Waals surface area contributed by atoms with Crippen LogP contribution in [0.4, 0.5) is 0 Å². The molecule has 0 aliphatic carbocycles. The molecular formula is C11H25N. The molecule has 0 aliphatic heterocycles. The van der Waals surface area contributed by atoms with Crippen LogP contribution in [0.15, 0.2) is 0 Å². The van der Waals surface area contributed by atoms with Crippen molar-refractivity contribution in [3.63, 3.8) is 0 Å². The van der Waals surface area contributed by atoms with E-state index in [2.05, 4.69) is 39.9 Å². The summed E-state index contributed by atoms with van der Waals surface area (Å²) in [6.45, 7) is 12.6. The zero-order valence-electron chi connectivity index (χ0n) is 9.35. The van der Waals surface area contributed by atoms with E-state index in [1.54, 1.807) is 0 Å². The number of hydrogen-bond acceptors (Lipinski definition) is 1. The molecule has 1 unspecified atom stereocenters. The molecule has 74 valence electrons. The van der Waals surface area contributed by atoms with E-state index in [4.69, 9.17) is 0 Å². The summed E-state index contributed by atoms with van der Waals surface area (Å²) in [5.41, 5.74) is 0. The van der Waals surface area contributed by atoms with Gasteiger partial charge in [0.1, 0.15) is 0 Å². The Morgan fingerprint density at radius 3 is 2.08 bits per heavy atom. The Balaban J connectivity index is 3.36. The minimum atomic E-state index is 0.680. The largest absolute Gasteiger partial charge is 0.314 e. The first-order valence-electron chi connectivity index (χ1n) is 5.29. The third kappa shape index (κ3) is 6.66. The van der Waals surface area contributed by atoms with Gasteiger partial charge in [0.15, 0.2) is 0 Å². The summed E-state index contributed by atoms with van der Waals surface area (Å²) in [5, 5.41) is 3.56. The summed E-state index contributed by atoms with van der Waals surface area (Å²) in [7, 11) is 0. The Kier molecular flexibility index (Phi) is 6.45. The molecule has 0 aromatic heterocycles. The summed E-state index contributed by atoms with van der Waals surface area (Å²) in [5.74, 6) is 1.63. The van der Waals surface area contributed by atoms with E-state index in [1.165, 1.54) is 19.4 Å².